The maximum Gasteiger partial charge on any atom is 0.273 e. The SMILES string of the molecule is COc1ccc(-c2nc(C(=O)N3CCSCC3)cs2)c(Cl)c1. The second-order valence-corrected chi connectivity index (χ2v) is 7.28. The molecule has 4 nitrogen and oxygen atoms in total. The van der Waals surface area contributed by atoms with Crippen LogP contribution in [0.3, 0.4) is 0 Å². The van der Waals surface area contributed by atoms with E-state index in [1.54, 1.807) is 18.6 Å². The summed E-state index contributed by atoms with van der Waals surface area (Å²) in [7, 11) is 1.60. The van der Waals surface area contributed by atoms with Crippen LogP contribution in [0.2, 0.25) is 5.02 Å². The van der Waals surface area contributed by atoms with E-state index >= 15 is 0 Å². The molecule has 0 unspecified atom stereocenters. The normalized spacial score (nSPS) is 14.9. The van der Waals surface area contributed by atoms with Gasteiger partial charge in [0.05, 0.1) is 12.1 Å². The van der Waals surface area contributed by atoms with Crippen LogP contribution < -0.4 is 4.74 Å². The van der Waals surface area contributed by atoms with E-state index in [0.717, 1.165) is 35.2 Å². The van der Waals surface area contributed by atoms with Gasteiger partial charge in [-0.25, -0.2) is 4.98 Å². The summed E-state index contributed by atoms with van der Waals surface area (Å²) in [5.41, 5.74) is 1.32. The molecule has 1 aromatic heterocycles. The van der Waals surface area contributed by atoms with Crippen molar-refractivity contribution in [2.75, 3.05) is 31.7 Å². The highest BCUT2D eigenvalue weighted by Crippen LogP contribution is 2.33. The van der Waals surface area contributed by atoms with Crippen molar-refractivity contribution >= 4 is 40.6 Å². The zero-order valence-electron chi connectivity index (χ0n) is 12.0. The number of aromatic nitrogens is 1. The van der Waals surface area contributed by atoms with Crippen LogP contribution >= 0.6 is 34.7 Å². The number of benzene rings is 1. The van der Waals surface area contributed by atoms with Gasteiger partial charge in [-0.1, -0.05) is 11.6 Å². The lowest BCUT2D eigenvalue weighted by molar-refractivity contribution is 0.0767. The molecule has 0 aliphatic carbocycles. The predicted octanol–water partition coefficient (Wildman–Crippen LogP) is 3.66. The van der Waals surface area contributed by atoms with E-state index in [0.29, 0.717) is 16.5 Å². The monoisotopic (exact) mass is 354 g/mol. The minimum absolute atomic E-state index is 0.00688. The number of thiazole rings is 1. The Balaban J connectivity index is 1.82. The minimum Gasteiger partial charge on any atom is -0.497 e. The highest BCUT2D eigenvalue weighted by atomic mass is 35.5. The number of nitrogens with zero attached hydrogens (tertiary/aromatic N) is 2. The van der Waals surface area contributed by atoms with E-state index < -0.39 is 0 Å². The fraction of sp³-hybridized carbons (Fsp3) is 0.333. The molecule has 1 fully saturated rings. The molecule has 1 aromatic carbocycles. The molecule has 0 radical (unpaired) electrons. The summed E-state index contributed by atoms with van der Waals surface area (Å²) in [5, 5.41) is 3.13. The molecule has 0 saturated carbocycles. The van der Waals surface area contributed by atoms with E-state index in [9.17, 15) is 4.79 Å². The van der Waals surface area contributed by atoms with Crippen molar-refractivity contribution in [2.24, 2.45) is 0 Å². The number of carbonyl (C=O) groups excluding carboxylic acids is 1. The van der Waals surface area contributed by atoms with Crippen LogP contribution in [0.5, 0.6) is 5.75 Å². The van der Waals surface area contributed by atoms with Crippen LogP contribution in [-0.2, 0) is 0 Å². The zero-order valence-corrected chi connectivity index (χ0v) is 14.4. The number of ether oxygens (including phenoxy) is 1. The Bertz CT molecular complexity index is 684. The number of thioether (sulfide) groups is 1. The van der Waals surface area contributed by atoms with Crippen LogP contribution in [0.25, 0.3) is 10.6 Å². The van der Waals surface area contributed by atoms with Gasteiger partial charge in [0, 0.05) is 35.5 Å². The van der Waals surface area contributed by atoms with Gasteiger partial charge in [0.1, 0.15) is 16.5 Å². The first-order valence-electron chi connectivity index (χ1n) is 6.85. The van der Waals surface area contributed by atoms with Gasteiger partial charge in [0.15, 0.2) is 0 Å². The number of rotatable bonds is 3. The average molecular weight is 355 g/mol. The van der Waals surface area contributed by atoms with Crippen molar-refractivity contribution < 1.29 is 9.53 Å². The Hall–Kier alpha value is -1.24. The van der Waals surface area contributed by atoms with Crippen molar-refractivity contribution in [2.45, 2.75) is 0 Å². The smallest absolute Gasteiger partial charge is 0.273 e. The molecular formula is C15H15ClN2O2S2. The third-order valence-corrected chi connectivity index (χ3v) is 5.56. The van der Waals surface area contributed by atoms with E-state index in [1.165, 1.54) is 11.3 Å². The lowest BCUT2D eigenvalue weighted by atomic mass is 10.2. The average Bonchev–Trinajstić information content (AvgIpc) is 3.04. The van der Waals surface area contributed by atoms with Gasteiger partial charge in [0.25, 0.3) is 5.91 Å². The number of halogens is 1. The van der Waals surface area contributed by atoms with E-state index in [4.69, 9.17) is 16.3 Å². The fourth-order valence-corrected chi connectivity index (χ4v) is 4.27. The molecule has 116 valence electrons. The first-order chi connectivity index (χ1) is 10.7. The topological polar surface area (TPSA) is 42.4 Å². The van der Waals surface area contributed by atoms with E-state index in [2.05, 4.69) is 4.98 Å². The summed E-state index contributed by atoms with van der Waals surface area (Å²) in [6.07, 6.45) is 0. The second kappa shape index (κ2) is 6.89. The summed E-state index contributed by atoms with van der Waals surface area (Å²) in [4.78, 5) is 18.8. The number of amides is 1. The van der Waals surface area contributed by atoms with Crippen LogP contribution in [0, 0.1) is 0 Å². The maximum absolute atomic E-state index is 12.4. The van der Waals surface area contributed by atoms with Gasteiger partial charge < -0.3 is 9.64 Å². The fourth-order valence-electron chi connectivity index (χ4n) is 2.22. The maximum atomic E-state index is 12.4. The van der Waals surface area contributed by atoms with Crippen molar-refractivity contribution in [1.29, 1.82) is 0 Å². The Morgan fingerprint density at radius 3 is 2.82 bits per heavy atom. The summed E-state index contributed by atoms with van der Waals surface area (Å²) in [5.74, 6) is 2.69. The summed E-state index contributed by atoms with van der Waals surface area (Å²) in [6.45, 7) is 1.58. The first-order valence-corrected chi connectivity index (χ1v) is 9.26. The molecule has 0 spiro atoms. The molecule has 0 bridgehead atoms. The molecule has 22 heavy (non-hydrogen) atoms. The van der Waals surface area contributed by atoms with Crippen molar-refractivity contribution in [1.82, 2.24) is 9.88 Å². The number of methoxy groups -OCH3 is 1. The Morgan fingerprint density at radius 2 is 2.14 bits per heavy atom. The summed E-state index contributed by atoms with van der Waals surface area (Å²) in [6, 6.07) is 5.46. The van der Waals surface area contributed by atoms with Gasteiger partial charge in [-0.05, 0) is 18.2 Å². The summed E-state index contributed by atoms with van der Waals surface area (Å²) >= 11 is 9.58. The van der Waals surface area contributed by atoms with Gasteiger partial charge >= 0.3 is 0 Å². The highest BCUT2D eigenvalue weighted by molar-refractivity contribution is 7.99. The molecule has 1 amide bonds. The zero-order chi connectivity index (χ0) is 15.5. The first kappa shape index (κ1) is 15.6. The Labute approximate surface area is 142 Å². The highest BCUT2D eigenvalue weighted by Gasteiger charge is 2.21. The molecule has 2 heterocycles. The number of carbonyl (C=O) groups is 1. The quantitative estimate of drug-likeness (QED) is 0.843. The van der Waals surface area contributed by atoms with Gasteiger partial charge in [-0.15, -0.1) is 11.3 Å². The van der Waals surface area contributed by atoms with Gasteiger partial charge in [-0.2, -0.15) is 11.8 Å². The number of hydrogen-bond acceptors (Lipinski definition) is 5. The van der Waals surface area contributed by atoms with Gasteiger partial charge in [-0.3, -0.25) is 4.79 Å². The van der Waals surface area contributed by atoms with Gasteiger partial charge in [0.2, 0.25) is 0 Å². The Kier molecular flexibility index (Phi) is 4.90. The van der Waals surface area contributed by atoms with Crippen molar-refractivity contribution in [3.8, 4) is 16.3 Å². The van der Waals surface area contributed by atoms with Crippen LogP contribution in [0.4, 0.5) is 0 Å². The molecule has 2 aromatic rings. The van der Waals surface area contributed by atoms with E-state index in [-0.39, 0.29) is 5.91 Å². The molecular weight excluding hydrogens is 340 g/mol. The molecule has 0 atom stereocenters. The van der Waals surface area contributed by atoms with Crippen molar-refractivity contribution in [3.63, 3.8) is 0 Å². The molecule has 1 aliphatic rings. The van der Waals surface area contributed by atoms with Crippen LogP contribution in [-0.4, -0.2) is 47.5 Å². The number of hydrogen-bond donors (Lipinski definition) is 0. The molecule has 3 rings (SSSR count). The largest absolute Gasteiger partial charge is 0.497 e. The molecule has 7 heteroatoms. The van der Waals surface area contributed by atoms with E-state index in [1.807, 2.05) is 28.8 Å². The summed E-state index contributed by atoms with van der Waals surface area (Å²) < 4.78 is 5.14. The lowest BCUT2D eigenvalue weighted by Gasteiger charge is -2.25. The molecule has 0 N–H and O–H groups in total. The third kappa shape index (κ3) is 3.24. The van der Waals surface area contributed by atoms with Crippen LogP contribution in [0.15, 0.2) is 23.6 Å². The molecule has 1 saturated heterocycles. The second-order valence-electron chi connectivity index (χ2n) is 4.79. The van der Waals surface area contributed by atoms with Crippen molar-refractivity contribution in [3.05, 3.63) is 34.3 Å². The Morgan fingerprint density at radius 1 is 1.36 bits per heavy atom. The minimum atomic E-state index is 0.00688. The third-order valence-electron chi connectivity index (χ3n) is 3.43. The molecule has 1 aliphatic heterocycles. The lowest BCUT2D eigenvalue weighted by Crippen LogP contribution is -2.38. The predicted molar refractivity (Wildman–Crippen MR) is 92.3 cm³/mol. The standard InChI is InChI=1S/C15H15ClN2O2S2/c1-20-10-2-3-11(12(16)8-10)14-17-13(9-22-14)15(19)18-4-6-21-7-5-18/h2-3,8-9H,4-7H2,1H3. The van der Waals surface area contributed by atoms with Crippen LogP contribution in [0.1, 0.15) is 10.5 Å².